The first-order valence-electron chi connectivity index (χ1n) is 7.88. The summed E-state index contributed by atoms with van der Waals surface area (Å²) in [6, 6.07) is 0.0394. The molecule has 1 aliphatic heterocycles. The van der Waals surface area contributed by atoms with Crippen LogP contribution in [0, 0.1) is 5.92 Å². The van der Waals surface area contributed by atoms with Gasteiger partial charge in [0.2, 0.25) is 0 Å². The molecule has 0 radical (unpaired) electrons. The summed E-state index contributed by atoms with van der Waals surface area (Å²) in [4.78, 5) is 10.5. The number of morpholine rings is 1. The van der Waals surface area contributed by atoms with Gasteiger partial charge in [-0.2, -0.15) is 0 Å². The molecule has 21 heavy (non-hydrogen) atoms. The van der Waals surface area contributed by atoms with Crippen molar-refractivity contribution in [3.05, 3.63) is 0 Å². The third kappa shape index (κ3) is 6.30. The molecule has 0 spiro atoms. The maximum atomic E-state index is 10.5. The average Bonchev–Trinajstić information content (AvgIpc) is 2.49. The standard InChI is InChI=1S/C15H30N2O4/c1-12(6-4-5-7-14(18)19)15(20)13(2)16(3)17-8-10-21-11-9-17/h12-13,15,20H,4-11H2,1-3H3,(H,18,19)/t12-,13+,15-/m1/s1. The molecule has 1 saturated heterocycles. The predicted molar refractivity (Wildman–Crippen MR) is 80.9 cm³/mol. The number of hydrogen-bond acceptors (Lipinski definition) is 5. The Hall–Kier alpha value is -0.690. The number of aliphatic carboxylic acids is 1. The lowest BCUT2D eigenvalue weighted by Crippen LogP contribution is -2.54. The zero-order valence-electron chi connectivity index (χ0n) is 13.5. The Morgan fingerprint density at radius 2 is 1.90 bits per heavy atom. The van der Waals surface area contributed by atoms with Gasteiger partial charge < -0.3 is 14.9 Å². The molecular weight excluding hydrogens is 272 g/mol. The molecule has 0 amide bonds. The van der Waals surface area contributed by atoms with E-state index in [0.717, 1.165) is 39.1 Å². The van der Waals surface area contributed by atoms with E-state index in [1.807, 2.05) is 20.9 Å². The van der Waals surface area contributed by atoms with Crippen molar-refractivity contribution in [3.8, 4) is 0 Å². The number of ether oxygens (including phenoxy) is 1. The van der Waals surface area contributed by atoms with Gasteiger partial charge in [0.1, 0.15) is 0 Å². The van der Waals surface area contributed by atoms with Crippen LogP contribution in [0.25, 0.3) is 0 Å². The Kier molecular flexibility index (Phi) is 8.18. The third-order valence-corrected chi connectivity index (χ3v) is 4.40. The molecule has 1 fully saturated rings. The Labute approximate surface area is 127 Å². The Bertz CT molecular complexity index is 308. The number of carboxylic acid groups (broad SMARTS) is 1. The number of aliphatic hydroxyl groups is 1. The summed E-state index contributed by atoms with van der Waals surface area (Å²) in [5, 5.41) is 23.4. The van der Waals surface area contributed by atoms with Gasteiger partial charge in [-0.25, -0.2) is 10.0 Å². The normalized spacial score (nSPS) is 21.2. The van der Waals surface area contributed by atoms with Crippen LogP contribution in [0.1, 0.15) is 39.5 Å². The number of hydrogen-bond donors (Lipinski definition) is 2. The summed E-state index contributed by atoms with van der Waals surface area (Å²) in [6.07, 6.45) is 2.18. The van der Waals surface area contributed by atoms with Crippen LogP contribution in [0.2, 0.25) is 0 Å². The number of unbranched alkanes of at least 4 members (excludes halogenated alkanes) is 1. The lowest BCUT2D eigenvalue weighted by Gasteiger charge is -2.41. The summed E-state index contributed by atoms with van der Waals surface area (Å²) < 4.78 is 5.34. The molecule has 124 valence electrons. The van der Waals surface area contributed by atoms with Crippen LogP contribution in [0.5, 0.6) is 0 Å². The largest absolute Gasteiger partial charge is 0.481 e. The van der Waals surface area contributed by atoms with Crippen molar-refractivity contribution in [1.29, 1.82) is 0 Å². The van der Waals surface area contributed by atoms with E-state index < -0.39 is 12.1 Å². The SMILES string of the molecule is C[C@H](CCCCC(=O)O)[C@@H](O)[C@H](C)N(C)N1CCOCC1. The van der Waals surface area contributed by atoms with E-state index in [1.165, 1.54) is 0 Å². The van der Waals surface area contributed by atoms with Crippen molar-refractivity contribution in [2.75, 3.05) is 33.4 Å². The highest BCUT2D eigenvalue weighted by Crippen LogP contribution is 2.19. The molecule has 1 aliphatic rings. The first kappa shape index (κ1) is 18.4. The van der Waals surface area contributed by atoms with Crippen molar-refractivity contribution >= 4 is 5.97 Å². The van der Waals surface area contributed by atoms with Crippen molar-refractivity contribution in [1.82, 2.24) is 10.0 Å². The maximum Gasteiger partial charge on any atom is 0.303 e. The van der Waals surface area contributed by atoms with E-state index >= 15 is 0 Å². The van der Waals surface area contributed by atoms with Gasteiger partial charge >= 0.3 is 5.97 Å². The van der Waals surface area contributed by atoms with Crippen LogP contribution in [-0.4, -0.2) is 71.7 Å². The molecule has 0 aromatic rings. The molecule has 0 aromatic carbocycles. The van der Waals surface area contributed by atoms with Crippen LogP contribution in [0.4, 0.5) is 0 Å². The monoisotopic (exact) mass is 302 g/mol. The van der Waals surface area contributed by atoms with Crippen LogP contribution >= 0.6 is 0 Å². The minimum absolute atomic E-state index is 0.0394. The molecule has 0 saturated carbocycles. The van der Waals surface area contributed by atoms with Crippen molar-refractivity contribution in [2.45, 2.75) is 51.7 Å². The van der Waals surface area contributed by atoms with E-state index in [4.69, 9.17) is 9.84 Å². The number of hydrazine groups is 1. The number of nitrogens with zero attached hydrogens (tertiary/aromatic N) is 2. The van der Waals surface area contributed by atoms with Gasteiger partial charge in [-0.1, -0.05) is 13.3 Å². The average molecular weight is 302 g/mol. The lowest BCUT2D eigenvalue weighted by molar-refractivity contribution is -0.137. The molecule has 3 atom stereocenters. The van der Waals surface area contributed by atoms with E-state index in [-0.39, 0.29) is 18.4 Å². The van der Waals surface area contributed by atoms with Crippen LogP contribution in [-0.2, 0) is 9.53 Å². The fraction of sp³-hybridized carbons (Fsp3) is 0.933. The number of carboxylic acids is 1. The van der Waals surface area contributed by atoms with Gasteiger partial charge in [0.05, 0.1) is 19.3 Å². The molecule has 2 N–H and O–H groups in total. The number of likely N-dealkylation sites (N-methyl/N-ethyl adjacent to an activating group) is 1. The number of carbonyl (C=O) groups is 1. The highest BCUT2D eigenvalue weighted by atomic mass is 16.5. The number of rotatable bonds is 9. The second-order valence-electron chi connectivity index (χ2n) is 5.99. The zero-order valence-corrected chi connectivity index (χ0v) is 13.5. The number of aliphatic hydroxyl groups excluding tert-OH is 1. The summed E-state index contributed by atoms with van der Waals surface area (Å²) in [6.45, 7) is 7.26. The lowest BCUT2D eigenvalue weighted by atomic mass is 9.93. The Morgan fingerprint density at radius 3 is 2.48 bits per heavy atom. The van der Waals surface area contributed by atoms with Crippen molar-refractivity contribution in [2.24, 2.45) is 5.92 Å². The minimum Gasteiger partial charge on any atom is -0.481 e. The zero-order chi connectivity index (χ0) is 15.8. The first-order chi connectivity index (χ1) is 9.93. The van der Waals surface area contributed by atoms with Crippen LogP contribution in [0.15, 0.2) is 0 Å². The molecule has 6 heteroatoms. The van der Waals surface area contributed by atoms with Gasteiger partial charge in [0.15, 0.2) is 0 Å². The highest BCUT2D eigenvalue weighted by molar-refractivity contribution is 5.66. The minimum atomic E-state index is -0.747. The van der Waals surface area contributed by atoms with E-state index in [9.17, 15) is 9.90 Å². The van der Waals surface area contributed by atoms with Gasteiger partial charge in [-0.05, 0) is 25.7 Å². The molecule has 0 bridgehead atoms. The van der Waals surface area contributed by atoms with Gasteiger partial charge in [0.25, 0.3) is 0 Å². The predicted octanol–water partition coefficient (Wildman–Crippen LogP) is 1.20. The van der Waals surface area contributed by atoms with E-state index in [0.29, 0.717) is 6.42 Å². The summed E-state index contributed by atoms with van der Waals surface area (Å²) in [7, 11) is 2.01. The summed E-state index contributed by atoms with van der Waals surface area (Å²) in [5.41, 5.74) is 0. The van der Waals surface area contributed by atoms with Crippen LogP contribution < -0.4 is 0 Å². The van der Waals surface area contributed by atoms with Crippen LogP contribution in [0.3, 0.4) is 0 Å². The molecule has 1 heterocycles. The summed E-state index contributed by atoms with van der Waals surface area (Å²) >= 11 is 0. The van der Waals surface area contributed by atoms with E-state index in [2.05, 4.69) is 10.0 Å². The Morgan fingerprint density at radius 1 is 1.29 bits per heavy atom. The fourth-order valence-corrected chi connectivity index (χ4v) is 2.74. The maximum absolute atomic E-state index is 10.5. The van der Waals surface area contributed by atoms with Crippen molar-refractivity contribution in [3.63, 3.8) is 0 Å². The second-order valence-corrected chi connectivity index (χ2v) is 5.99. The van der Waals surface area contributed by atoms with Gasteiger partial charge in [-0.15, -0.1) is 0 Å². The molecule has 6 nitrogen and oxygen atoms in total. The van der Waals surface area contributed by atoms with E-state index in [1.54, 1.807) is 0 Å². The second kappa shape index (κ2) is 9.35. The molecule has 0 aliphatic carbocycles. The molecule has 0 unspecified atom stereocenters. The topological polar surface area (TPSA) is 73.2 Å². The molecule has 0 aromatic heterocycles. The van der Waals surface area contributed by atoms with Gasteiger partial charge in [-0.3, -0.25) is 4.79 Å². The third-order valence-electron chi connectivity index (χ3n) is 4.40. The van der Waals surface area contributed by atoms with Gasteiger partial charge in [0, 0.05) is 32.6 Å². The fourth-order valence-electron chi connectivity index (χ4n) is 2.74. The summed E-state index contributed by atoms with van der Waals surface area (Å²) in [5.74, 6) is -0.582. The first-order valence-corrected chi connectivity index (χ1v) is 7.88. The smallest absolute Gasteiger partial charge is 0.303 e. The Balaban J connectivity index is 2.33. The molecule has 1 rings (SSSR count). The highest BCUT2D eigenvalue weighted by Gasteiger charge is 2.28. The molecular formula is C15H30N2O4. The quantitative estimate of drug-likeness (QED) is 0.623. The van der Waals surface area contributed by atoms with Crippen molar-refractivity contribution < 1.29 is 19.7 Å².